The molecule has 0 aliphatic rings. The summed E-state index contributed by atoms with van der Waals surface area (Å²) in [5, 5.41) is 17.3. The second kappa shape index (κ2) is 6.77. The van der Waals surface area contributed by atoms with Crippen LogP contribution >= 0.6 is 0 Å². The Morgan fingerprint density at radius 1 is 1.29 bits per heavy atom. The smallest absolute Gasteiger partial charge is 0.259 e. The van der Waals surface area contributed by atoms with Gasteiger partial charge in [0.15, 0.2) is 0 Å². The first-order valence-electron chi connectivity index (χ1n) is 7.64. The van der Waals surface area contributed by atoms with Crippen molar-refractivity contribution in [3.63, 3.8) is 0 Å². The average Bonchev–Trinajstić information content (AvgIpc) is 3.09. The Morgan fingerprint density at radius 2 is 2.04 bits per heavy atom. The van der Waals surface area contributed by atoms with Gasteiger partial charge in [-0.1, -0.05) is 29.8 Å². The van der Waals surface area contributed by atoms with Gasteiger partial charge in [0.05, 0.1) is 5.56 Å². The number of aryl methyl sites for hydroxylation is 1. The summed E-state index contributed by atoms with van der Waals surface area (Å²) in [5.41, 5.74) is 1.94. The predicted octanol–water partition coefficient (Wildman–Crippen LogP) is 1.61. The minimum absolute atomic E-state index is 0.120. The van der Waals surface area contributed by atoms with Crippen molar-refractivity contribution in [2.24, 2.45) is 0 Å². The molecule has 0 aliphatic carbocycles. The van der Waals surface area contributed by atoms with Gasteiger partial charge in [-0.3, -0.25) is 15.1 Å². The third-order valence-corrected chi connectivity index (χ3v) is 3.81. The lowest BCUT2D eigenvalue weighted by Gasteiger charge is -2.19. The summed E-state index contributed by atoms with van der Waals surface area (Å²) in [4.78, 5) is 19.0. The molecule has 0 spiro atoms. The van der Waals surface area contributed by atoms with Gasteiger partial charge < -0.3 is 5.11 Å². The number of hydrogen-bond donors (Lipinski definition) is 3. The Hall–Kier alpha value is -2.77. The highest BCUT2D eigenvalue weighted by molar-refractivity contribution is 5.24. The first kappa shape index (κ1) is 16.1. The van der Waals surface area contributed by atoms with Gasteiger partial charge in [-0.05, 0) is 25.5 Å². The number of aliphatic hydroxyl groups excluding tert-OH is 1. The quantitative estimate of drug-likeness (QED) is 0.619. The summed E-state index contributed by atoms with van der Waals surface area (Å²) in [6.07, 6.45) is 3.50. The van der Waals surface area contributed by atoms with Crippen LogP contribution in [-0.2, 0) is 0 Å². The van der Waals surface area contributed by atoms with Crippen LogP contribution in [0.4, 0.5) is 0 Å². The van der Waals surface area contributed by atoms with E-state index in [1.807, 2.05) is 38.1 Å². The second-order valence-corrected chi connectivity index (χ2v) is 5.64. The predicted molar refractivity (Wildman–Crippen MR) is 89.7 cm³/mol. The van der Waals surface area contributed by atoms with E-state index in [9.17, 15) is 9.90 Å². The molecule has 2 aromatic heterocycles. The molecule has 7 nitrogen and oxygen atoms in total. The number of H-pyrrole nitrogens is 1. The summed E-state index contributed by atoms with van der Waals surface area (Å²) < 4.78 is 1.44. The fourth-order valence-corrected chi connectivity index (χ4v) is 2.38. The van der Waals surface area contributed by atoms with Crippen LogP contribution in [0, 0.1) is 6.92 Å². The van der Waals surface area contributed by atoms with E-state index in [1.54, 1.807) is 18.5 Å². The third kappa shape index (κ3) is 3.42. The maximum absolute atomic E-state index is 12.2. The average molecular weight is 325 g/mol. The molecule has 3 N–H and O–H groups in total. The van der Waals surface area contributed by atoms with Gasteiger partial charge in [-0.2, -0.15) is 5.10 Å². The molecule has 0 fully saturated rings. The van der Waals surface area contributed by atoms with E-state index in [0.717, 1.165) is 5.56 Å². The van der Waals surface area contributed by atoms with Gasteiger partial charge in [-0.25, -0.2) is 9.67 Å². The van der Waals surface area contributed by atoms with Crippen LogP contribution in [0.1, 0.15) is 35.9 Å². The Morgan fingerprint density at radius 3 is 2.67 bits per heavy atom. The molecule has 7 heteroatoms. The van der Waals surface area contributed by atoms with E-state index in [-0.39, 0.29) is 11.6 Å². The Balaban J connectivity index is 1.76. The van der Waals surface area contributed by atoms with Crippen molar-refractivity contribution in [1.29, 1.82) is 0 Å². The van der Waals surface area contributed by atoms with Crippen molar-refractivity contribution in [3.05, 3.63) is 76.0 Å². The Labute approximate surface area is 139 Å². The first-order chi connectivity index (χ1) is 11.5. The molecule has 124 valence electrons. The number of aromatic nitrogens is 4. The molecular formula is C17H19N5O2. The SMILES string of the molecule is Cc1ccc([C@H](C)NC(O)c2cnc(-n3cccn3)[nH]c2=O)cc1. The van der Waals surface area contributed by atoms with E-state index in [2.05, 4.69) is 20.4 Å². The van der Waals surface area contributed by atoms with Crippen molar-refractivity contribution in [2.45, 2.75) is 26.1 Å². The van der Waals surface area contributed by atoms with E-state index in [4.69, 9.17) is 0 Å². The minimum Gasteiger partial charge on any atom is -0.374 e. The van der Waals surface area contributed by atoms with Crippen molar-refractivity contribution >= 4 is 0 Å². The van der Waals surface area contributed by atoms with Gasteiger partial charge >= 0.3 is 0 Å². The highest BCUT2D eigenvalue weighted by atomic mass is 16.3. The zero-order chi connectivity index (χ0) is 17.1. The fourth-order valence-electron chi connectivity index (χ4n) is 2.38. The summed E-state index contributed by atoms with van der Waals surface area (Å²) in [5.74, 6) is 0.299. The normalized spacial score (nSPS) is 13.6. The van der Waals surface area contributed by atoms with E-state index >= 15 is 0 Å². The van der Waals surface area contributed by atoms with Crippen LogP contribution in [-0.4, -0.2) is 24.9 Å². The Bertz CT molecular complexity index is 855. The zero-order valence-electron chi connectivity index (χ0n) is 13.5. The molecule has 0 aliphatic heterocycles. The first-order valence-corrected chi connectivity index (χ1v) is 7.64. The molecule has 1 unspecified atom stereocenters. The number of aromatic amines is 1. The fraction of sp³-hybridized carbons (Fsp3) is 0.235. The summed E-state index contributed by atoms with van der Waals surface area (Å²) >= 11 is 0. The van der Waals surface area contributed by atoms with Crippen LogP contribution in [0.25, 0.3) is 5.95 Å². The molecule has 0 amide bonds. The van der Waals surface area contributed by atoms with Crippen molar-refractivity contribution in [3.8, 4) is 5.95 Å². The number of nitrogens with zero attached hydrogens (tertiary/aromatic N) is 3. The standard InChI is InChI=1S/C17H19N5O2/c1-11-4-6-13(7-5-11)12(2)20-15(23)14-10-18-17(21-16(14)24)22-9-3-8-19-22/h3-10,12,15,20,23H,1-2H3,(H,18,21,24)/t12-,15?/m0/s1. The van der Waals surface area contributed by atoms with E-state index in [1.165, 1.54) is 16.4 Å². The molecular weight excluding hydrogens is 306 g/mol. The summed E-state index contributed by atoms with van der Waals surface area (Å²) in [7, 11) is 0. The molecule has 0 saturated carbocycles. The zero-order valence-corrected chi connectivity index (χ0v) is 13.5. The van der Waals surface area contributed by atoms with Gasteiger partial charge in [0.1, 0.15) is 6.23 Å². The number of nitrogens with one attached hydrogen (secondary N) is 2. The molecule has 0 radical (unpaired) electrons. The van der Waals surface area contributed by atoms with Gasteiger partial charge in [0.2, 0.25) is 5.95 Å². The van der Waals surface area contributed by atoms with Crippen LogP contribution in [0.5, 0.6) is 0 Å². The maximum atomic E-state index is 12.2. The van der Waals surface area contributed by atoms with Crippen LogP contribution in [0.3, 0.4) is 0 Å². The summed E-state index contributed by atoms with van der Waals surface area (Å²) in [6, 6.07) is 9.60. The third-order valence-electron chi connectivity index (χ3n) is 3.81. The van der Waals surface area contributed by atoms with Crippen LogP contribution in [0.2, 0.25) is 0 Å². The van der Waals surface area contributed by atoms with E-state index in [0.29, 0.717) is 5.95 Å². The molecule has 2 atom stereocenters. The van der Waals surface area contributed by atoms with Gasteiger partial charge in [0.25, 0.3) is 5.56 Å². The molecule has 3 aromatic rings. The monoisotopic (exact) mass is 325 g/mol. The number of hydrogen-bond acceptors (Lipinski definition) is 5. The van der Waals surface area contributed by atoms with Gasteiger partial charge in [0, 0.05) is 24.6 Å². The lowest BCUT2D eigenvalue weighted by molar-refractivity contribution is 0.124. The van der Waals surface area contributed by atoms with Crippen molar-refractivity contribution in [1.82, 2.24) is 25.1 Å². The minimum atomic E-state index is -1.12. The van der Waals surface area contributed by atoms with Crippen LogP contribution < -0.4 is 10.9 Å². The Kier molecular flexibility index (Phi) is 4.54. The number of aliphatic hydroxyl groups is 1. The molecule has 24 heavy (non-hydrogen) atoms. The summed E-state index contributed by atoms with van der Waals surface area (Å²) in [6.45, 7) is 3.94. The largest absolute Gasteiger partial charge is 0.374 e. The number of rotatable bonds is 5. The lowest BCUT2D eigenvalue weighted by atomic mass is 10.1. The maximum Gasteiger partial charge on any atom is 0.259 e. The van der Waals surface area contributed by atoms with Crippen molar-refractivity contribution in [2.75, 3.05) is 0 Å². The van der Waals surface area contributed by atoms with Crippen molar-refractivity contribution < 1.29 is 5.11 Å². The molecule has 0 bridgehead atoms. The molecule has 0 saturated heterocycles. The van der Waals surface area contributed by atoms with Gasteiger partial charge in [-0.15, -0.1) is 0 Å². The molecule has 2 heterocycles. The van der Waals surface area contributed by atoms with E-state index < -0.39 is 11.8 Å². The highest BCUT2D eigenvalue weighted by Crippen LogP contribution is 2.16. The highest BCUT2D eigenvalue weighted by Gasteiger charge is 2.16. The second-order valence-electron chi connectivity index (χ2n) is 5.64. The number of benzene rings is 1. The molecule has 3 rings (SSSR count). The topological polar surface area (TPSA) is 95.8 Å². The lowest BCUT2D eigenvalue weighted by Crippen LogP contribution is -2.30. The van der Waals surface area contributed by atoms with Crippen LogP contribution in [0.15, 0.2) is 53.7 Å². The molecule has 1 aromatic carbocycles.